The number of benzene rings is 1. The van der Waals surface area contributed by atoms with Gasteiger partial charge in [-0.15, -0.1) is 0 Å². The molecule has 5 aromatic rings. The third-order valence-electron chi connectivity index (χ3n) is 13.7. The van der Waals surface area contributed by atoms with Gasteiger partial charge < -0.3 is 19.7 Å². The van der Waals surface area contributed by atoms with Gasteiger partial charge in [0.25, 0.3) is 12.3 Å². The molecule has 2 aliphatic carbocycles. The summed E-state index contributed by atoms with van der Waals surface area (Å²) in [6.07, 6.45) is 0.388. The van der Waals surface area contributed by atoms with E-state index in [9.17, 15) is 36.3 Å². The van der Waals surface area contributed by atoms with Crippen LogP contribution >= 0.6 is 0 Å². The van der Waals surface area contributed by atoms with E-state index < -0.39 is 55.0 Å². The normalized spacial score (nSPS) is 25.2. The Bertz CT molecular complexity index is 2770. The Morgan fingerprint density at radius 3 is 2.57 bits per heavy atom. The molecule has 0 spiro atoms. The van der Waals surface area contributed by atoms with Gasteiger partial charge in [0.05, 0.1) is 66.0 Å². The van der Waals surface area contributed by atoms with Crippen LogP contribution in [0.5, 0.6) is 0 Å². The first-order valence-corrected chi connectivity index (χ1v) is 23.0. The molecule has 3 saturated heterocycles. The molecule has 7 heterocycles. The molecule has 1 unspecified atom stereocenters. The Balaban J connectivity index is 0.718. The molecule has 22 heteroatoms. The predicted octanol–water partition coefficient (Wildman–Crippen LogP) is 6.30. The first-order valence-electron chi connectivity index (χ1n) is 23.0. The number of carbonyl (C=O) groups is 3. The van der Waals surface area contributed by atoms with Crippen LogP contribution in [0.2, 0.25) is 0 Å². The number of likely N-dealkylation sites (tertiary alicyclic amines) is 1. The van der Waals surface area contributed by atoms with Crippen LogP contribution in [0.15, 0.2) is 42.9 Å². The second kappa shape index (κ2) is 18.8. The van der Waals surface area contributed by atoms with Crippen LogP contribution in [-0.4, -0.2) is 127 Å². The third kappa shape index (κ3) is 9.39. The Morgan fingerprint density at radius 1 is 1.01 bits per heavy atom. The lowest BCUT2D eigenvalue weighted by atomic mass is 9.85. The van der Waals surface area contributed by atoms with Crippen LogP contribution in [0, 0.1) is 17.8 Å². The number of fused-ring (bicyclic) bond motifs is 2. The van der Waals surface area contributed by atoms with E-state index in [4.69, 9.17) is 14.6 Å². The van der Waals surface area contributed by atoms with Crippen LogP contribution in [0.1, 0.15) is 110 Å². The van der Waals surface area contributed by atoms with E-state index in [1.165, 1.54) is 33.9 Å². The number of carbonyl (C=O) groups excluding carboxylic acids is 3. The number of hydrogen-bond acceptors (Lipinski definition) is 11. The second-order valence-electron chi connectivity index (χ2n) is 18.3. The summed E-state index contributed by atoms with van der Waals surface area (Å²) < 4.78 is 101. The highest BCUT2D eigenvalue weighted by Crippen LogP contribution is 2.41. The maximum Gasteiger partial charge on any atom is 0.411 e. The Kier molecular flexibility index (Phi) is 12.6. The van der Waals surface area contributed by atoms with Gasteiger partial charge in [-0.3, -0.25) is 34.0 Å². The summed E-state index contributed by atoms with van der Waals surface area (Å²) in [7, 11) is 0. The zero-order valence-corrected chi connectivity index (χ0v) is 36.8. The van der Waals surface area contributed by atoms with Gasteiger partial charge in [-0.2, -0.15) is 28.5 Å². The van der Waals surface area contributed by atoms with Crippen molar-refractivity contribution in [1.29, 1.82) is 0 Å². The number of imide groups is 1. The highest BCUT2D eigenvalue weighted by molar-refractivity contribution is 6.08. The molecule has 2 N–H and O–H groups in total. The standard InChI is InChI=1S/C46H49F6N11O5/c47-33-23-59(16-14-35(33)68-19-2-4-27-3-1-5-30-39(31-12-13-38(64)56-44(31)65)58-63(41(27)30)29-10-11-29)22-26-6-8-28(9-7-26)62-24-34(40(57-62)42(48)49)54-45(66)32-21-53-61-17-15-37(55-43(32)61)60-18-20-67-25-36(60)46(50,51)52/h1,3,5,15,17,21,24,26,28-29,31,33,35-36,42H,6-14,16,18-20,22-23,25H2,(H,54,66)(H,56,64,65)/t26-,28-,31?,33-,35+,36+/m0/s1. The lowest BCUT2D eigenvalue weighted by molar-refractivity contribution is -0.167. The average Bonchev–Trinajstić information content (AvgIpc) is 3.74. The number of anilines is 2. The van der Waals surface area contributed by atoms with Gasteiger partial charge in [0.2, 0.25) is 11.8 Å². The number of rotatable bonds is 11. The minimum Gasteiger partial charge on any atom is -0.377 e. The van der Waals surface area contributed by atoms with E-state index in [0.717, 1.165) is 47.0 Å². The van der Waals surface area contributed by atoms with Crippen molar-refractivity contribution < 1.29 is 50.2 Å². The summed E-state index contributed by atoms with van der Waals surface area (Å²) >= 11 is 0. The maximum atomic E-state index is 15.6. The van der Waals surface area contributed by atoms with Gasteiger partial charge in [-0.25, -0.2) is 22.7 Å². The number of alkyl halides is 6. The van der Waals surface area contributed by atoms with Crippen LogP contribution in [-0.2, 0) is 19.1 Å². The maximum absolute atomic E-state index is 15.6. The molecule has 5 aliphatic rings. The van der Waals surface area contributed by atoms with Gasteiger partial charge in [-0.1, -0.05) is 24.0 Å². The average molecular weight is 950 g/mol. The summed E-state index contributed by atoms with van der Waals surface area (Å²) in [5.41, 5.74) is 1.26. The van der Waals surface area contributed by atoms with Crippen molar-refractivity contribution in [2.75, 3.05) is 56.2 Å². The summed E-state index contributed by atoms with van der Waals surface area (Å²) in [5.74, 6) is 4.52. The molecule has 3 amide bonds. The minimum atomic E-state index is -4.59. The van der Waals surface area contributed by atoms with Gasteiger partial charge in [0, 0.05) is 50.4 Å². The Hall–Kier alpha value is -6.05. The van der Waals surface area contributed by atoms with Gasteiger partial charge in [-0.05, 0) is 69.4 Å². The second-order valence-corrected chi connectivity index (χ2v) is 18.3. The molecule has 360 valence electrons. The smallest absolute Gasteiger partial charge is 0.377 e. The van der Waals surface area contributed by atoms with Gasteiger partial charge >= 0.3 is 6.18 Å². The van der Waals surface area contributed by atoms with E-state index in [2.05, 4.69) is 42.6 Å². The van der Waals surface area contributed by atoms with Crippen LogP contribution in [0.3, 0.4) is 0 Å². The lowest BCUT2D eigenvalue weighted by Crippen LogP contribution is -2.54. The van der Waals surface area contributed by atoms with E-state index in [1.807, 2.05) is 22.9 Å². The van der Waals surface area contributed by atoms with Crippen LogP contribution in [0.4, 0.5) is 37.8 Å². The molecule has 5 fully saturated rings. The molecular formula is C46H49F6N11O5. The Morgan fingerprint density at radius 2 is 1.82 bits per heavy atom. The molecule has 4 aromatic heterocycles. The fourth-order valence-electron chi connectivity index (χ4n) is 10.0. The van der Waals surface area contributed by atoms with E-state index in [-0.39, 0.29) is 85.3 Å². The quantitative estimate of drug-likeness (QED) is 0.0868. The van der Waals surface area contributed by atoms with Crippen molar-refractivity contribution in [1.82, 2.24) is 44.4 Å². The summed E-state index contributed by atoms with van der Waals surface area (Å²) in [5, 5.41) is 18.9. The number of morpholine rings is 1. The predicted molar refractivity (Wildman–Crippen MR) is 233 cm³/mol. The fraction of sp³-hybridized carbons (Fsp3) is 0.543. The number of piperidine rings is 2. The number of para-hydroxylation sites is 1. The molecular weight excluding hydrogens is 901 g/mol. The number of nitrogens with one attached hydrogen (secondary N) is 2. The summed E-state index contributed by atoms with van der Waals surface area (Å²) in [4.78, 5) is 45.5. The van der Waals surface area contributed by atoms with Crippen molar-refractivity contribution in [3.8, 4) is 11.8 Å². The molecule has 68 heavy (non-hydrogen) atoms. The number of aromatic nitrogens is 7. The zero-order valence-electron chi connectivity index (χ0n) is 36.8. The number of nitrogens with zero attached hydrogens (tertiary/aromatic N) is 9. The molecule has 2 saturated carbocycles. The zero-order chi connectivity index (χ0) is 47.3. The van der Waals surface area contributed by atoms with Crippen molar-refractivity contribution in [3.63, 3.8) is 0 Å². The summed E-state index contributed by atoms with van der Waals surface area (Å²) in [6.45, 7) is 0.973. The monoisotopic (exact) mass is 949 g/mol. The molecule has 3 aliphatic heterocycles. The first kappa shape index (κ1) is 45.7. The first-order chi connectivity index (χ1) is 32.8. The van der Waals surface area contributed by atoms with Gasteiger partial charge in [0.15, 0.2) is 11.3 Å². The van der Waals surface area contributed by atoms with Crippen molar-refractivity contribution in [2.24, 2.45) is 5.92 Å². The van der Waals surface area contributed by atoms with Crippen molar-refractivity contribution in [2.45, 2.75) is 107 Å². The number of hydrogen-bond donors (Lipinski definition) is 2. The molecule has 0 bridgehead atoms. The molecule has 1 aromatic carbocycles. The topological polar surface area (TPSA) is 166 Å². The minimum absolute atomic E-state index is 0.0376. The Labute approximate surface area is 385 Å². The fourth-order valence-corrected chi connectivity index (χ4v) is 10.0. The van der Waals surface area contributed by atoms with Crippen LogP contribution in [0.25, 0.3) is 16.6 Å². The van der Waals surface area contributed by atoms with Crippen LogP contribution < -0.4 is 15.5 Å². The van der Waals surface area contributed by atoms with E-state index in [1.54, 1.807) is 0 Å². The third-order valence-corrected chi connectivity index (χ3v) is 13.7. The van der Waals surface area contributed by atoms with Crippen molar-refractivity contribution >= 4 is 45.8 Å². The number of ether oxygens (including phenoxy) is 2. The molecule has 16 nitrogen and oxygen atoms in total. The molecule has 4 atom stereocenters. The van der Waals surface area contributed by atoms with Gasteiger partial charge in [0.1, 0.15) is 30.2 Å². The van der Waals surface area contributed by atoms with E-state index in [0.29, 0.717) is 44.5 Å². The molecule has 10 rings (SSSR count). The summed E-state index contributed by atoms with van der Waals surface area (Å²) in [6, 6.07) is 5.13. The number of halogens is 6. The lowest BCUT2D eigenvalue weighted by Gasteiger charge is -2.38. The largest absolute Gasteiger partial charge is 0.411 e. The number of amides is 3. The highest BCUT2D eigenvalue weighted by atomic mass is 19.4. The van der Waals surface area contributed by atoms with Crippen molar-refractivity contribution in [3.05, 3.63) is 65.4 Å². The SMILES string of the molecule is O=C1CCC(c2nn(C3CC3)c3c(C#CCO[C@@H]4CCN(C[C@H]5CC[C@H](n6cc(NC(=O)c7cnn8ccc(N9CCOC[C@@H]9C(F)(F)F)nc78)c(C(F)F)n6)CC5)C[C@@H]4F)cccc23)C(=O)N1. The molecule has 0 radical (unpaired) electrons. The highest BCUT2D eigenvalue weighted by Gasteiger charge is 2.46. The van der Waals surface area contributed by atoms with E-state index >= 15 is 4.39 Å².